The molecule has 3 heterocycles. The molecule has 29 heavy (non-hydrogen) atoms. The fourth-order valence-corrected chi connectivity index (χ4v) is 3.40. The summed E-state index contributed by atoms with van der Waals surface area (Å²) >= 11 is 1.42. The van der Waals surface area contributed by atoms with Crippen molar-refractivity contribution >= 4 is 17.2 Å². The summed E-state index contributed by atoms with van der Waals surface area (Å²) in [4.78, 5) is 20.9. The average molecular weight is 409 g/mol. The van der Waals surface area contributed by atoms with E-state index in [9.17, 15) is 9.18 Å². The summed E-state index contributed by atoms with van der Waals surface area (Å²) in [5.74, 6) is 0.750. The number of carbonyl (C=O) groups excluding carboxylic acids is 1. The lowest BCUT2D eigenvalue weighted by Gasteiger charge is -2.10. The number of furan rings is 1. The second kappa shape index (κ2) is 8.66. The third kappa shape index (κ3) is 4.85. The molecule has 0 fully saturated rings. The molecule has 4 rings (SSSR count). The summed E-state index contributed by atoms with van der Waals surface area (Å²) in [5.41, 5.74) is 1.35. The molecule has 0 spiro atoms. The highest BCUT2D eigenvalue weighted by Gasteiger charge is 2.12. The lowest BCUT2D eigenvalue weighted by molar-refractivity contribution is -0.120. The van der Waals surface area contributed by atoms with E-state index in [0.717, 1.165) is 5.01 Å². The molecule has 0 saturated heterocycles. The van der Waals surface area contributed by atoms with Gasteiger partial charge in [0.05, 0.1) is 18.4 Å². The zero-order valence-corrected chi connectivity index (χ0v) is 16.0. The van der Waals surface area contributed by atoms with Gasteiger partial charge in [-0.15, -0.1) is 11.3 Å². The standard InChI is InChI=1S/C21H16FN3O3S/c22-15-5-1-6-17(10-15)28-20-14(4-2-8-23-20)12-24-19(26)11-16-13-29-21(25-16)18-7-3-9-27-18/h1-10,13H,11-12H2,(H,24,26). The Bertz CT molecular complexity index is 1110. The number of halogens is 1. The van der Waals surface area contributed by atoms with Crippen LogP contribution in [0.4, 0.5) is 4.39 Å². The molecule has 0 aliphatic rings. The van der Waals surface area contributed by atoms with Gasteiger partial charge in [0.2, 0.25) is 11.8 Å². The van der Waals surface area contributed by atoms with Crippen LogP contribution in [0.15, 0.2) is 70.8 Å². The molecule has 6 nitrogen and oxygen atoms in total. The SMILES string of the molecule is O=C(Cc1csc(-c2ccco2)n1)NCc1cccnc1Oc1cccc(F)c1. The van der Waals surface area contributed by atoms with E-state index >= 15 is 0 Å². The van der Waals surface area contributed by atoms with Crippen LogP contribution in [0.5, 0.6) is 11.6 Å². The Kier molecular flexibility index (Phi) is 5.62. The highest BCUT2D eigenvalue weighted by molar-refractivity contribution is 7.13. The van der Waals surface area contributed by atoms with Crippen LogP contribution in [-0.4, -0.2) is 15.9 Å². The molecule has 1 aromatic carbocycles. The minimum atomic E-state index is -0.398. The van der Waals surface area contributed by atoms with E-state index in [-0.39, 0.29) is 18.9 Å². The molecule has 3 aromatic heterocycles. The minimum Gasteiger partial charge on any atom is -0.462 e. The maximum atomic E-state index is 13.4. The van der Waals surface area contributed by atoms with Gasteiger partial charge in [0.15, 0.2) is 10.8 Å². The molecule has 0 atom stereocenters. The molecule has 0 unspecified atom stereocenters. The van der Waals surface area contributed by atoms with Gasteiger partial charge in [-0.2, -0.15) is 0 Å². The number of aromatic nitrogens is 2. The number of pyridine rings is 1. The predicted octanol–water partition coefficient (Wildman–Crippen LogP) is 4.59. The first kappa shape index (κ1) is 18.8. The van der Waals surface area contributed by atoms with Crippen LogP contribution >= 0.6 is 11.3 Å². The van der Waals surface area contributed by atoms with Crippen molar-refractivity contribution in [1.29, 1.82) is 0 Å². The quantitative estimate of drug-likeness (QED) is 0.483. The van der Waals surface area contributed by atoms with Crippen molar-refractivity contribution in [3.05, 3.63) is 83.4 Å². The molecule has 0 aliphatic heterocycles. The summed E-state index contributed by atoms with van der Waals surface area (Å²) in [5, 5.41) is 5.40. The highest BCUT2D eigenvalue weighted by atomic mass is 32.1. The van der Waals surface area contributed by atoms with E-state index in [1.807, 2.05) is 11.4 Å². The van der Waals surface area contributed by atoms with E-state index in [4.69, 9.17) is 9.15 Å². The molecule has 1 N–H and O–H groups in total. The number of benzene rings is 1. The third-order valence-corrected chi connectivity index (χ3v) is 4.87. The topological polar surface area (TPSA) is 77.3 Å². The number of rotatable bonds is 7. The molecule has 4 aromatic rings. The predicted molar refractivity (Wildman–Crippen MR) is 106 cm³/mol. The number of carbonyl (C=O) groups is 1. The second-order valence-electron chi connectivity index (χ2n) is 6.10. The van der Waals surface area contributed by atoms with Crippen molar-refractivity contribution in [1.82, 2.24) is 15.3 Å². The fraction of sp³-hybridized carbons (Fsp3) is 0.0952. The number of nitrogens with zero attached hydrogens (tertiary/aromatic N) is 2. The van der Waals surface area contributed by atoms with Crippen LogP contribution < -0.4 is 10.1 Å². The molecule has 1 amide bonds. The summed E-state index contributed by atoms with van der Waals surface area (Å²) < 4.78 is 24.3. The highest BCUT2D eigenvalue weighted by Crippen LogP contribution is 2.25. The summed E-state index contributed by atoms with van der Waals surface area (Å²) in [7, 11) is 0. The van der Waals surface area contributed by atoms with Gasteiger partial charge in [-0.05, 0) is 30.3 Å². The maximum Gasteiger partial charge on any atom is 0.226 e. The molecule has 0 bridgehead atoms. The van der Waals surface area contributed by atoms with E-state index in [1.54, 1.807) is 42.8 Å². The van der Waals surface area contributed by atoms with Crippen LogP contribution in [0.2, 0.25) is 0 Å². The number of amides is 1. The molecule has 0 radical (unpaired) electrons. The molecule has 146 valence electrons. The van der Waals surface area contributed by atoms with E-state index in [2.05, 4.69) is 15.3 Å². The van der Waals surface area contributed by atoms with Gasteiger partial charge in [-0.3, -0.25) is 4.79 Å². The van der Waals surface area contributed by atoms with Crippen molar-refractivity contribution in [2.45, 2.75) is 13.0 Å². The smallest absolute Gasteiger partial charge is 0.226 e. The van der Waals surface area contributed by atoms with Crippen molar-refractivity contribution in [2.24, 2.45) is 0 Å². The van der Waals surface area contributed by atoms with Gasteiger partial charge in [-0.25, -0.2) is 14.4 Å². The molecule has 0 aliphatic carbocycles. The van der Waals surface area contributed by atoms with Crippen molar-refractivity contribution < 1.29 is 18.3 Å². The Balaban J connectivity index is 1.37. The number of hydrogen-bond acceptors (Lipinski definition) is 6. The van der Waals surface area contributed by atoms with Gasteiger partial charge in [0.1, 0.15) is 11.6 Å². The zero-order chi connectivity index (χ0) is 20.1. The van der Waals surface area contributed by atoms with Crippen LogP contribution in [0.3, 0.4) is 0 Å². The Morgan fingerprint density at radius 1 is 1.21 bits per heavy atom. The fourth-order valence-electron chi connectivity index (χ4n) is 2.62. The number of hydrogen-bond donors (Lipinski definition) is 1. The van der Waals surface area contributed by atoms with Gasteiger partial charge >= 0.3 is 0 Å². The normalized spacial score (nSPS) is 10.7. The van der Waals surface area contributed by atoms with Crippen molar-refractivity contribution in [3.63, 3.8) is 0 Å². The van der Waals surface area contributed by atoms with Crippen LogP contribution in [0.25, 0.3) is 10.8 Å². The first-order valence-electron chi connectivity index (χ1n) is 8.79. The van der Waals surface area contributed by atoms with Gasteiger partial charge < -0.3 is 14.5 Å². The lowest BCUT2D eigenvalue weighted by Crippen LogP contribution is -2.25. The summed E-state index contributed by atoms with van der Waals surface area (Å²) in [6, 6.07) is 13.0. The summed E-state index contributed by atoms with van der Waals surface area (Å²) in [6.45, 7) is 0.229. The number of ether oxygens (including phenoxy) is 1. The molecular weight excluding hydrogens is 393 g/mol. The monoisotopic (exact) mass is 409 g/mol. The van der Waals surface area contributed by atoms with Gasteiger partial charge in [0.25, 0.3) is 0 Å². The van der Waals surface area contributed by atoms with E-state index < -0.39 is 5.82 Å². The largest absolute Gasteiger partial charge is 0.462 e. The first-order chi connectivity index (χ1) is 14.2. The Hall–Kier alpha value is -3.52. The number of nitrogens with one attached hydrogen (secondary N) is 1. The van der Waals surface area contributed by atoms with Crippen molar-refractivity contribution in [3.8, 4) is 22.4 Å². The minimum absolute atomic E-state index is 0.150. The zero-order valence-electron chi connectivity index (χ0n) is 15.2. The Morgan fingerprint density at radius 3 is 2.97 bits per heavy atom. The number of thiazole rings is 1. The second-order valence-corrected chi connectivity index (χ2v) is 6.96. The maximum absolute atomic E-state index is 13.4. The van der Waals surface area contributed by atoms with Crippen molar-refractivity contribution in [2.75, 3.05) is 0 Å². The third-order valence-electron chi connectivity index (χ3n) is 3.96. The van der Waals surface area contributed by atoms with Gasteiger partial charge in [0, 0.05) is 29.8 Å². The Labute approximate surface area is 170 Å². The summed E-state index contributed by atoms with van der Waals surface area (Å²) in [6.07, 6.45) is 3.31. The molecular formula is C21H16FN3O3S. The van der Waals surface area contributed by atoms with Crippen LogP contribution in [0.1, 0.15) is 11.3 Å². The Morgan fingerprint density at radius 2 is 2.14 bits per heavy atom. The first-order valence-corrected chi connectivity index (χ1v) is 9.67. The van der Waals surface area contributed by atoms with Crippen LogP contribution in [-0.2, 0) is 17.8 Å². The van der Waals surface area contributed by atoms with Gasteiger partial charge in [-0.1, -0.05) is 12.1 Å². The average Bonchev–Trinajstić information content (AvgIpc) is 3.39. The molecule has 8 heteroatoms. The van der Waals surface area contributed by atoms with E-state index in [1.165, 1.54) is 23.5 Å². The van der Waals surface area contributed by atoms with Crippen LogP contribution in [0, 0.1) is 5.82 Å². The molecule has 0 saturated carbocycles. The lowest BCUT2D eigenvalue weighted by atomic mass is 10.2. The van der Waals surface area contributed by atoms with E-state index in [0.29, 0.717) is 28.6 Å².